The predicted octanol–water partition coefficient (Wildman–Crippen LogP) is 1.94. The molecule has 0 heterocycles. The molecular weight excluding hydrogens is 218 g/mol. The lowest BCUT2D eigenvalue weighted by atomic mass is 9.76. The Bertz CT molecular complexity index is 315. The van der Waals surface area contributed by atoms with Gasteiger partial charge in [-0.25, -0.2) is 4.79 Å². The molecule has 0 saturated heterocycles. The van der Waals surface area contributed by atoms with Crippen molar-refractivity contribution in [3.8, 4) is 0 Å². The van der Waals surface area contributed by atoms with Gasteiger partial charge in [-0.3, -0.25) is 4.79 Å². The molecule has 2 aliphatic carbocycles. The van der Waals surface area contributed by atoms with Gasteiger partial charge < -0.3 is 10.4 Å². The molecule has 1 amide bonds. The number of rotatable bonds is 3. The average Bonchev–Trinajstić information content (AvgIpc) is 2.18. The Morgan fingerprint density at radius 3 is 2.18 bits per heavy atom. The summed E-state index contributed by atoms with van der Waals surface area (Å²) in [5.41, 5.74) is -0.987. The van der Waals surface area contributed by atoms with Gasteiger partial charge in [-0.05, 0) is 44.4 Å². The minimum atomic E-state index is -0.987. The van der Waals surface area contributed by atoms with Crippen LogP contribution in [0.25, 0.3) is 0 Å². The summed E-state index contributed by atoms with van der Waals surface area (Å²) >= 11 is 0. The molecule has 96 valence electrons. The van der Waals surface area contributed by atoms with Crippen LogP contribution in [0.3, 0.4) is 0 Å². The van der Waals surface area contributed by atoms with E-state index in [1.807, 2.05) is 0 Å². The topological polar surface area (TPSA) is 66.4 Å². The van der Waals surface area contributed by atoms with Gasteiger partial charge in [0.25, 0.3) is 0 Å². The van der Waals surface area contributed by atoms with Gasteiger partial charge in [-0.1, -0.05) is 13.3 Å². The molecule has 2 rings (SSSR count). The summed E-state index contributed by atoms with van der Waals surface area (Å²) < 4.78 is 0. The first-order valence-corrected chi connectivity index (χ1v) is 6.59. The maximum atomic E-state index is 11.9. The number of amides is 1. The Kier molecular flexibility index (Phi) is 3.40. The van der Waals surface area contributed by atoms with Crippen molar-refractivity contribution < 1.29 is 14.7 Å². The molecule has 17 heavy (non-hydrogen) atoms. The molecule has 0 spiro atoms. The third-order valence-corrected chi connectivity index (χ3v) is 4.38. The van der Waals surface area contributed by atoms with Crippen molar-refractivity contribution in [1.82, 2.24) is 5.32 Å². The minimum absolute atomic E-state index is 0.0480. The molecule has 0 aromatic rings. The van der Waals surface area contributed by atoms with Crippen LogP contribution in [0.4, 0.5) is 0 Å². The Morgan fingerprint density at radius 1 is 1.18 bits per heavy atom. The van der Waals surface area contributed by atoms with E-state index in [-0.39, 0.29) is 11.8 Å². The SMILES string of the molecule is CC1CCC(NC(=O)C2CCC2)(C(=O)O)CC1. The first-order chi connectivity index (χ1) is 8.03. The first-order valence-electron chi connectivity index (χ1n) is 6.59. The summed E-state index contributed by atoms with van der Waals surface area (Å²) in [5, 5.41) is 12.2. The summed E-state index contributed by atoms with van der Waals surface area (Å²) in [6.07, 6.45) is 5.84. The lowest BCUT2D eigenvalue weighted by Crippen LogP contribution is -2.58. The van der Waals surface area contributed by atoms with E-state index in [0.717, 1.165) is 32.1 Å². The maximum absolute atomic E-state index is 11.9. The van der Waals surface area contributed by atoms with Crippen LogP contribution in [0.2, 0.25) is 0 Å². The van der Waals surface area contributed by atoms with Gasteiger partial charge >= 0.3 is 5.97 Å². The largest absolute Gasteiger partial charge is 0.480 e. The Hall–Kier alpha value is -1.06. The second-order valence-electron chi connectivity index (χ2n) is 5.69. The fraction of sp³-hybridized carbons (Fsp3) is 0.846. The molecule has 0 radical (unpaired) electrons. The molecule has 0 aliphatic heterocycles. The van der Waals surface area contributed by atoms with Crippen molar-refractivity contribution >= 4 is 11.9 Å². The molecular formula is C13H21NO3. The number of carbonyl (C=O) groups is 2. The van der Waals surface area contributed by atoms with Gasteiger partial charge in [0.05, 0.1) is 0 Å². The summed E-state index contributed by atoms with van der Waals surface area (Å²) in [6.45, 7) is 2.14. The number of carboxylic acid groups (broad SMARTS) is 1. The summed E-state index contributed by atoms with van der Waals surface area (Å²) in [5.74, 6) is -0.279. The fourth-order valence-electron chi connectivity index (χ4n) is 2.66. The molecule has 2 aliphatic rings. The van der Waals surface area contributed by atoms with Crippen LogP contribution in [-0.4, -0.2) is 22.5 Å². The van der Waals surface area contributed by atoms with Gasteiger partial charge in [0.15, 0.2) is 0 Å². The Morgan fingerprint density at radius 2 is 1.76 bits per heavy atom. The van der Waals surface area contributed by atoms with E-state index in [2.05, 4.69) is 12.2 Å². The van der Waals surface area contributed by atoms with Crippen LogP contribution >= 0.6 is 0 Å². The van der Waals surface area contributed by atoms with E-state index in [9.17, 15) is 14.7 Å². The highest BCUT2D eigenvalue weighted by Crippen LogP contribution is 2.34. The van der Waals surface area contributed by atoms with E-state index in [1.165, 1.54) is 0 Å². The van der Waals surface area contributed by atoms with E-state index in [0.29, 0.717) is 18.8 Å². The van der Waals surface area contributed by atoms with Crippen molar-refractivity contribution in [2.45, 2.75) is 57.4 Å². The second-order valence-corrected chi connectivity index (χ2v) is 5.69. The molecule has 0 aromatic carbocycles. The first kappa shape index (κ1) is 12.4. The van der Waals surface area contributed by atoms with E-state index in [4.69, 9.17) is 0 Å². The third-order valence-electron chi connectivity index (χ3n) is 4.38. The van der Waals surface area contributed by atoms with Crippen LogP contribution in [0.15, 0.2) is 0 Å². The molecule has 0 unspecified atom stereocenters. The molecule has 2 saturated carbocycles. The lowest BCUT2D eigenvalue weighted by molar-refractivity contribution is -0.151. The van der Waals surface area contributed by atoms with Crippen molar-refractivity contribution in [2.75, 3.05) is 0 Å². The van der Waals surface area contributed by atoms with Crippen LogP contribution in [0.1, 0.15) is 51.9 Å². The normalized spacial score (nSPS) is 33.8. The van der Waals surface area contributed by atoms with Crippen molar-refractivity contribution in [3.63, 3.8) is 0 Å². The zero-order valence-corrected chi connectivity index (χ0v) is 10.4. The molecule has 0 bridgehead atoms. The molecule has 4 heteroatoms. The van der Waals surface area contributed by atoms with Gasteiger partial charge in [0.1, 0.15) is 5.54 Å². The van der Waals surface area contributed by atoms with Gasteiger partial charge in [0.2, 0.25) is 5.91 Å². The monoisotopic (exact) mass is 239 g/mol. The van der Waals surface area contributed by atoms with E-state index >= 15 is 0 Å². The van der Waals surface area contributed by atoms with Crippen molar-refractivity contribution in [3.05, 3.63) is 0 Å². The lowest BCUT2D eigenvalue weighted by Gasteiger charge is -2.38. The Labute approximate surface area is 102 Å². The zero-order chi connectivity index (χ0) is 12.5. The van der Waals surface area contributed by atoms with Crippen LogP contribution < -0.4 is 5.32 Å². The van der Waals surface area contributed by atoms with E-state index < -0.39 is 11.5 Å². The number of carboxylic acids is 1. The fourth-order valence-corrected chi connectivity index (χ4v) is 2.66. The second kappa shape index (κ2) is 4.67. The molecule has 2 fully saturated rings. The standard InChI is InChI=1S/C13H21NO3/c1-9-5-7-13(8-6-9,12(16)17)14-11(15)10-3-2-4-10/h9-10H,2-8H2,1H3,(H,14,15)(H,16,17). The maximum Gasteiger partial charge on any atom is 0.329 e. The highest BCUT2D eigenvalue weighted by atomic mass is 16.4. The third kappa shape index (κ3) is 2.45. The average molecular weight is 239 g/mol. The highest BCUT2D eigenvalue weighted by molar-refractivity contribution is 5.88. The minimum Gasteiger partial charge on any atom is -0.480 e. The van der Waals surface area contributed by atoms with Gasteiger partial charge in [-0.2, -0.15) is 0 Å². The molecule has 2 N–H and O–H groups in total. The number of hydrogen-bond donors (Lipinski definition) is 2. The smallest absolute Gasteiger partial charge is 0.329 e. The van der Waals surface area contributed by atoms with Crippen molar-refractivity contribution in [1.29, 1.82) is 0 Å². The highest BCUT2D eigenvalue weighted by Gasteiger charge is 2.43. The van der Waals surface area contributed by atoms with Crippen LogP contribution in [-0.2, 0) is 9.59 Å². The Balaban J connectivity index is 2.01. The zero-order valence-electron chi connectivity index (χ0n) is 10.4. The number of carbonyl (C=O) groups excluding carboxylic acids is 1. The summed E-state index contributed by atoms with van der Waals surface area (Å²) in [7, 11) is 0. The number of aliphatic carboxylic acids is 1. The summed E-state index contributed by atoms with van der Waals surface area (Å²) in [6, 6.07) is 0. The van der Waals surface area contributed by atoms with E-state index in [1.54, 1.807) is 0 Å². The van der Waals surface area contributed by atoms with Crippen LogP contribution in [0.5, 0.6) is 0 Å². The quantitative estimate of drug-likeness (QED) is 0.791. The van der Waals surface area contributed by atoms with Gasteiger partial charge in [-0.15, -0.1) is 0 Å². The van der Waals surface area contributed by atoms with Gasteiger partial charge in [0, 0.05) is 5.92 Å². The molecule has 0 aromatic heterocycles. The van der Waals surface area contributed by atoms with Crippen molar-refractivity contribution in [2.24, 2.45) is 11.8 Å². The predicted molar refractivity (Wildman–Crippen MR) is 63.5 cm³/mol. The number of nitrogens with one attached hydrogen (secondary N) is 1. The van der Waals surface area contributed by atoms with Crippen LogP contribution in [0, 0.1) is 11.8 Å². The number of hydrogen-bond acceptors (Lipinski definition) is 2. The summed E-state index contributed by atoms with van der Waals surface area (Å²) in [4.78, 5) is 23.3. The molecule has 0 atom stereocenters. The molecule has 4 nitrogen and oxygen atoms in total.